The lowest BCUT2D eigenvalue weighted by Crippen LogP contribution is -2.33. The van der Waals surface area contributed by atoms with Gasteiger partial charge in [-0.1, -0.05) is 18.2 Å². The van der Waals surface area contributed by atoms with Crippen LogP contribution in [-0.2, 0) is 0 Å². The Kier molecular flexibility index (Phi) is 2.91. The molecule has 0 saturated carbocycles. The highest BCUT2D eigenvalue weighted by Crippen LogP contribution is 2.47. The molecule has 24 heavy (non-hydrogen) atoms. The SMILES string of the molecule is c1coc(C2=NN3C(C2)c2ccccc2OC3c2ccncc2)c1. The van der Waals surface area contributed by atoms with Gasteiger partial charge in [-0.15, -0.1) is 0 Å². The summed E-state index contributed by atoms with van der Waals surface area (Å²) in [6.07, 6.45) is 5.78. The predicted molar refractivity (Wildman–Crippen MR) is 88.5 cm³/mol. The van der Waals surface area contributed by atoms with Crippen LogP contribution in [-0.4, -0.2) is 15.7 Å². The average molecular weight is 317 g/mol. The fraction of sp³-hybridized carbons (Fsp3) is 0.158. The van der Waals surface area contributed by atoms with Gasteiger partial charge in [0.25, 0.3) is 0 Å². The van der Waals surface area contributed by atoms with Crippen LogP contribution < -0.4 is 4.74 Å². The van der Waals surface area contributed by atoms with Gasteiger partial charge >= 0.3 is 0 Å². The van der Waals surface area contributed by atoms with Crippen molar-refractivity contribution < 1.29 is 9.15 Å². The number of hydrogen-bond donors (Lipinski definition) is 0. The number of aromatic nitrogens is 1. The molecule has 1 aromatic carbocycles. The van der Waals surface area contributed by atoms with E-state index in [1.807, 2.05) is 47.5 Å². The van der Waals surface area contributed by atoms with Gasteiger partial charge in [0, 0.05) is 29.9 Å². The molecule has 0 radical (unpaired) electrons. The number of benzene rings is 1. The van der Waals surface area contributed by atoms with Crippen LogP contribution in [0.3, 0.4) is 0 Å². The molecule has 3 aromatic rings. The number of rotatable bonds is 2. The first kappa shape index (κ1) is 13.4. The van der Waals surface area contributed by atoms with Crippen molar-refractivity contribution in [1.29, 1.82) is 0 Å². The van der Waals surface area contributed by atoms with Crippen LogP contribution in [0.5, 0.6) is 5.75 Å². The third-order valence-corrected chi connectivity index (χ3v) is 4.50. The molecule has 0 N–H and O–H groups in total. The Bertz CT molecular complexity index is 890. The van der Waals surface area contributed by atoms with Crippen LogP contribution in [0.15, 0.2) is 76.7 Å². The lowest BCUT2D eigenvalue weighted by molar-refractivity contribution is -0.0190. The van der Waals surface area contributed by atoms with Crippen LogP contribution in [0.25, 0.3) is 0 Å². The van der Waals surface area contributed by atoms with E-state index in [0.29, 0.717) is 0 Å². The van der Waals surface area contributed by atoms with Crippen LogP contribution in [0.4, 0.5) is 0 Å². The van der Waals surface area contributed by atoms with E-state index in [0.717, 1.165) is 34.8 Å². The minimum absolute atomic E-state index is 0.146. The molecule has 0 spiro atoms. The zero-order valence-electron chi connectivity index (χ0n) is 12.9. The van der Waals surface area contributed by atoms with Crippen molar-refractivity contribution in [2.45, 2.75) is 18.7 Å². The first-order valence-electron chi connectivity index (χ1n) is 7.95. The van der Waals surface area contributed by atoms with Crippen LogP contribution in [0.1, 0.15) is 35.6 Å². The van der Waals surface area contributed by atoms with Gasteiger partial charge in [-0.25, -0.2) is 5.01 Å². The summed E-state index contributed by atoms with van der Waals surface area (Å²) in [5, 5.41) is 6.86. The third-order valence-electron chi connectivity index (χ3n) is 4.50. The Morgan fingerprint density at radius 2 is 1.88 bits per heavy atom. The maximum absolute atomic E-state index is 6.26. The number of hydrogen-bond acceptors (Lipinski definition) is 5. The molecule has 0 amide bonds. The Balaban J connectivity index is 1.62. The molecule has 2 aliphatic heterocycles. The molecule has 118 valence electrons. The van der Waals surface area contributed by atoms with E-state index < -0.39 is 0 Å². The van der Waals surface area contributed by atoms with Crippen LogP contribution in [0.2, 0.25) is 0 Å². The summed E-state index contributed by atoms with van der Waals surface area (Å²) in [6.45, 7) is 0. The molecule has 4 heterocycles. The number of hydrazone groups is 1. The number of nitrogens with zero attached hydrogens (tertiary/aromatic N) is 3. The van der Waals surface area contributed by atoms with Crippen molar-refractivity contribution in [2.24, 2.45) is 5.10 Å². The summed E-state index contributed by atoms with van der Waals surface area (Å²) in [7, 11) is 0. The second-order valence-electron chi connectivity index (χ2n) is 5.91. The summed E-state index contributed by atoms with van der Waals surface area (Å²) in [4.78, 5) is 4.10. The maximum atomic E-state index is 6.26. The normalized spacial score (nSPS) is 21.7. The van der Waals surface area contributed by atoms with E-state index in [1.54, 1.807) is 18.7 Å². The van der Waals surface area contributed by atoms with E-state index >= 15 is 0 Å². The van der Waals surface area contributed by atoms with E-state index in [2.05, 4.69) is 11.1 Å². The second-order valence-corrected chi connectivity index (χ2v) is 5.91. The molecular formula is C19H15N3O2. The zero-order valence-corrected chi connectivity index (χ0v) is 12.9. The molecule has 2 aliphatic rings. The molecule has 2 unspecified atom stereocenters. The second kappa shape index (κ2) is 5.23. The number of furan rings is 1. The molecule has 0 fully saturated rings. The Hall–Kier alpha value is -3.08. The summed E-state index contributed by atoms with van der Waals surface area (Å²) >= 11 is 0. The van der Waals surface area contributed by atoms with Crippen molar-refractivity contribution in [1.82, 2.24) is 9.99 Å². The van der Waals surface area contributed by atoms with Gasteiger partial charge in [0.1, 0.15) is 17.2 Å². The number of ether oxygens (including phenoxy) is 1. The van der Waals surface area contributed by atoms with E-state index in [9.17, 15) is 0 Å². The Labute approximate surface area is 139 Å². The van der Waals surface area contributed by atoms with Crippen LogP contribution >= 0.6 is 0 Å². The number of pyridine rings is 1. The minimum Gasteiger partial charge on any atom is -0.464 e. The maximum Gasteiger partial charge on any atom is 0.213 e. The van der Waals surface area contributed by atoms with E-state index in [1.165, 1.54) is 0 Å². The fourth-order valence-corrected chi connectivity index (χ4v) is 3.37. The summed E-state index contributed by atoms with van der Waals surface area (Å²) in [6, 6.07) is 16.1. The highest BCUT2D eigenvalue weighted by molar-refractivity contribution is 5.99. The summed E-state index contributed by atoms with van der Waals surface area (Å²) in [5.41, 5.74) is 3.14. The molecule has 0 aliphatic carbocycles. The van der Waals surface area contributed by atoms with Crippen molar-refractivity contribution >= 4 is 5.71 Å². The highest BCUT2D eigenvalue weighted by Gasteiger charge is 2.41. The zero-order chi connectivity index (χ0) is 15.9. The van der Waals surface area contributed by atoms with Crippen molar-refractivity contribution in [2.75, 3.05) is 0 Å². The first-order valence-corrected chi connectivity index (χ1v) is 7.95. The molecular weight excluding hydrogens is 302 g/mol. The first-order chi connectivity index (χ1) is 11.9. The number of para-hydroxylation sites is 1. The lowest BCUT2D eigenvalue weighted by Gasteiger charge is -2.38. The number of fused-ring (bicyclic) bond motifs is 3. The molecule has 0 bridgehead atoms. The standard InChI is InChI=1S/C19H15N3O2/c1-2-5-17-14(4-1)16-12-15(18-6-3-11-23-18)21-22(16)19(24-17)13-7-9-20-10-8-13/h1-11,16,19H,12H2. The molecule has 2 atom stereocenters. The largest absolute Gasteiger partial charge is 0.464 e. The van der Waals surface area contributed by atoms with Gasteiger partial charge < -0.3 is 9.15 Å². The monoisotopic (exact) mass is 317 g/mol. The van der Waals surface area contributed by atoms with Gasteiger partial charge in [-0.05, 0) is 30.3 Å². The van der Waals surface area contributed by atoms with Gasteiger partial charge in [-0.3, -0.25) is 4.98 Å². The van der Waals surface area contributed by atoms with Crippen molar-refractivity contribution in [3.05, 3.63) is 84.1 Å². The van der Waals surface area contributed by atoms with Crippen LogP contribution in [0, 0.1) is 0 Å². The fourth-order valence-electron chi connectivity index (χ4n) is 3.37. The predicted octanol–water partition coefficient (Wildman–Crippen LogP) is 3.92. The van der Waals surface area contributed by atoms with Gasteiger partial charge in [0.15, 0.2) is 0 Å². The highest BCUT2D eigenvalue weighted by atomic mass is 16.5. The van der Waals surface area contributed by atoms with E-state index in [-0.39, 0.29) is 12.3 Å². The topological polar surface area (TPSA) is 50.9 Å². The summed E-state index contributed by atoms with van der Waals surface area (Å²) in [5.74, 6) is 1.73. The van der Waals surface area contributed by atoms with Gasteiger partial charge in [0.2, 0.25) is 6.23 Å². The Morgan fingerprint density at radius 3 is 2.71 bits per heavy atom. The van der Waals surface area contributed by atoms with Gasteiger partial charge in [0.05, 0.1) is 12.3 Å². The molecule has 5 heteroatoms. The third kappa shape index (κ3) is 2.01. The van der Waals surface area contributed by atoms with Crippen molar-refractivity contribution in [3.63, 3.8) is 0 Å². The van der Waals surface area contributed by atoms with E-state index in [4.69, 9.17) is 14.3 Å². The van der Waals surface area contributed by atoms with Crippen molar-refractivity contribution in [3.8, 4) is 5.75 Å². The smallest absolute Gasteiger partial charge is 0.213 e. The van der Waals surface area contributed by atoms with Gasteiger partial charge in [-0.2, -0.15) is 5.10 Å². The lowest BCUT2D eigenvalue weighted by atomic mass is 9.98. The summed E-state index contributed by atoms with van der Waals surface area (Å²) < 4.78 is 11.8. The molecule has 2 aromatic heterocycles. The minimum atomic E-state index is -0.264. The average Bonchev–Trinajstić information content (AvgIpc) is 3.31. The molecule has 0 saturated heterocycles. The Morgan fingerprint density at radius 1 is 1.00 bits per heavy atom. The quantitative estimate of drug-likeness (QED) is 0.719. The molecule has 5 rings (SSSR count). The molecule has 5 nitrogen and oxygen atoms in total.